The fraction of sp³-hybridized carbons (Fsp3) is 0.926. The van der Waals surface area contributed by atoms with Crippen LogP contribution in [0.4, 0.5) is 0 Å². The van der Waals surface area contributed by atoms with Gasteiger partial charge in [0.2, 0.25) is 6.29 Å². The van der Waals surface area contributed by atoms with E-state index in [4.69, 9.17) is 37.9 Å². The summed E-state index contributed by atoms with van der Waals surface area (Å²) in [6, 6.07) is 0. The summed E-state index contributed by atoms with van der Waals surface area (Å²) in [5, 5.41) is 119. The molecule has 0 radical (unpaired) electrons. The minimum atomic E-state index is -2.04. The standard InChI is InChI=1S/C54H86O21/c1-21(2)25-13-18-54(49(67)75-47-39(63)36(60)33(57)24(5)70-47)20-19-52(9)26(30(25)54)11-12-28-51(8)16-15-29(50(6,7)27(51)14-17-53(28,52)10)71-48-43(74-46-38(62)35(59)32(56)23(4)69-46)41(40(64)42(73-48)44(65)66)72-45-37(61)34(58)31(55)22(3)68-45/h22-43,45-48,55-64H,1,11-20H2,2-10H3,(H,65,66)/t22-,23-,24-,25-,26+,27-,28+,29-,30+,31-,32-,33-,34+,35+,36+,37+,38+,39+,40-,41-,42-,43+,45-,46-,47-,48+,51-,52+,53+,54-/m0/s1. The predicted molar refractivity (Wildman–Crippen MR) is 259 cm³/mol. The van der Waals surface area contributed by atoms with Crippen LogP contribution in [-0.4, -0.2) is 197 Å². The van der Waals surface area contributed by atoms with Crippen molar-refractivity contribution in [1.29, 1.82) is 0 Å². The molecule has 21 nitrogen and oxygen atoms in total. The second kappa shape index (κ2) is 20.5. The average Bonchev–Trinajstić information content (AvgIpc) is 3.76. The van der Waals surface area contributed by atoms with Crippen molar-refractivity contribution in [3.05, 3.63) is 12.2 Å². The second-order valence-electron chi connectivity index (χ2n) is 25.7. The molecule has 0 amide bonds. The quantitative estimate of drug-likeness (QED) is 0.0826. The number of rotatable bonds is 10. The molecule has 4 heterocycles. The van der Waals surface area contributed by atoms with Crippen molar-refractivity contribution in [3.8, 4) is 0 Å². The first kappa shape index (κ1) is 57.7. The molecular formula is C54H86O21. The van der Waals surface area contributed by atoms with Crippen LogP contribution >= 0.6 is 0 Å². The van der Waals surface area contributed by atoms with Crippen LogP contribution in [-0.2, 0) is 47.5 Å². The molecule has 75 heavy (non-hydrogen) atoms. The molecule has 0 bridgehead atoms. The highest BCUT2D eigenvalue weighted by atomic mass is 16.8. The van der Waals surface area contributed by atoms with Gasteiger partial charge in [-0.25, -0.2) is 4.79 Å². The van der Waals surface area contributed by atoms with Crippen molar-refractivity contribution in [2.45, 2.75) is 255 Å². The number of carbonyl (C=O) groups excluding carboxylic acids is 1. The van der Waals surface area contributed by atoms with Gasteiger partial charge < -0.3 is 94.1 Å². The second-order valence-corrected chi connectivity index (χ2v) is 25.7. The number of hydrogen-bond acceptors (Lipinski definition) is 20. The van der Waals surface area contributed by atoms with Gasteiger partial charge in [0.25, 0.3) is 0 Å². The van der Waals surface area contributed by atoms with Gasteiger partial charge in [0.15, 0.2) is 25.0 Å². The maximum atomic E-state index is 14.8. The van der Waals surface area contributed by atoms with Crippen molar-refractivity contribution in [2.24, 2.45) is 56.7 Å². The summed E-state index contributed by atoms with van der Waals surface area (Å²) >= 11 is 0. The van der Waals surface area contributed by atoms with Crippen LogP contribution in [0, 0.1) is 56.7 Å². The van der Waals surface area contributed by atoms with E-state index in [0.29, 0.717) is 25.7 Å². The Kier molecular flexibility index (Phi) is 15.8. The van der Waals surface area contributed by atoms with E-state index in [9.17, 15) is 65.8 Å². The molecule has 4 saturated heterocycles. The lowest BCUT2D eigenvalue weighted by molar-refractivity contribution is -0.394. The average molecular weight is 1070 g/mol. The first-order valence-electron chi connectivity index (χ1n) is 27.4. The number of aliphatic carboxylic acids is 1. The van der Waals surface area contributed by atoms with Gasteiger partial charge in [-0.05, 0) is 143 Å². The molecule has 9 aliphatic rings. The molecule has 428 valence electrons. The fourth-order valence-corrected chi connectivity index (χ4v) is 17.2. The molecule has 5 saturated carbocycles. The van der Waals surface area contributed by atoms with Crippen molar-refractivity contribution in [1.82, 2.24) is 0 Å². The number of aliphatic hydroxyl groups excluding tert-OH is 10. The van der Waals surface area contributed by atoms with E-state index >= 15 is 0 Å². The zero-order chi connectivity index (χ0) is 55.0. The molecule has 9 rings (SSSR count). The van der Waals surface area contributed by atoms with Gasteiger partial charge in [-0.3, -0.25) is 4.79 Å². The molecule has 21 heteroatoms. The van der Waals surface area contributed by atoms with Gasteiger partial charge in [0.05, 0.1) is 29.8 Å². The first-order valence-corrected chi connectivity index (χ1v) is 27.4. The van der Waals surface area contributed by atoms with E-state index in [0.717, 1.165) is 44.1 Å². The van der Waals surface area contributed by atoms with Gasteiger partial charge >= 0.3 is 11.9 Å². The summed E-state index contributed by atoms with van der Waals surface area (Å²) in [4.78, 5) is 27.6. The highest BCUT2D eigenvalue weighted by molar-refractivity contribution is 5.78. The van der Waals surface area contributed by atoms with Crippen LogP contribution in [0.25, 0.3) is 0 Å². The summed E-state index contributed by atoms with van der Waals surface area (Å²) in [5.74, 6) is -1.63. The lowest BCUT2D eigenvalue weighted by Crippen LogP contribution is -2.69. The number of allylic oxidation sites excluding steroid dienone is 1. The predicted octanol–water partition coefficient (Wildman–Crippen LogP) is 0.996. The Hall–Kier alpha value is -2.00. The molecule has 4 aliphatic heterocycles. The monoisotopic (exact) mass is 1070 g/mol. The topological polar surface area (TPSA) is 331 Å². The SMILES string of the molecule is C=C(C)[C@@H]1CC[C@]2(C(=O)O[C@@H]3O[C@@H](C)[C@H](O)[C@@H](O)[C@H]3O)CC[C@]3(C)[C@H](CC[C@@H]4[C@@]5(C)CC[C@H](O[C@@H]6O[C@H](C(=O)O)[C@@H](O)[C@H](O[C@@H]7O[C@@H](C)[C@H](O)[C@@H](O)[C@H]7O)[C@H]6O[C@@H]6O[C@@H](C)[C@H](O)[C@@H](O)[C@H]6O)C(C)(C)[C@@H]5CC[C@]43C)[C@@H]12. The van der Waals surface area contributed by atoms with Crippen molar-refractivity contribution in [2.75, 3.05) is 0 Å². The number of hydrogen-bond donors (Lipinski definition) is 11. The summed E-state index contributed by atoms with van der Waals surface area (Å²) in [7, 11) is 0. The Morgan fingerprint density at radius 3 is 1.60 bits per heavy atom. The van der Waals surface area contributed by atoms with Crippen LogP contribution in [0.15, 0.2) is 12.2 Å². The summed E-state index contributed by atoms with van der Waals surface area (Å²) < 4.78 is 48.9. The van der Waals surface area contributed by atoms with Crippen LogP contribution in [0.5, 0.6) is 0 Å². The Balaban J connectivity index is 0.986. The van der Waals surface area contributed by atoms with Gasteiger partial charge in [-0.1, -0.05) is 46.8 Å². The summed E-state index contributed by atoms with van der Waals surface area (Å²) in [5.41, 5.74) is -1.08. The number of carbonyl (C=O) groups is 2. The van der Waals surface area contributed by atoms with Gasteiger partial charge in [-0.15, -0.1) is 0 Å². The van der Waals surface area contributed by atoms with E-state index in [-0.39, 0.29) is 45.8 Å². The highest BCUT2D eigenvalue weighted by Gasteiger charge is 2.73. The Labute approximate surface area is 438 Å². The Bertz CT molecular complexity index is 2110. The zero-order valence-electron chi connectivity index (χ0n) is 44.8. The molecule has 11 N–H and O–H groups in total. The lowest BCUT2D eigenvalue weighted by Gasteiger charge is -2.73. The highest BCUT2D eigenvalue weighted by Crippen LogP contribution is 2.78. The molecular weight excluding hydrogens is 985 g/mol. The number of carboxylic acids is 1. The van der Waals surface area contributed by atoms with Gasteiger partial charge in [-0.2, -0.15) is 0 Å². The minimum Gasteiger partial charge on any atom is -0.479 e. The third-order valence-electron chi connectivity index (χ3n) is 21.7. The molecule has 0 aromatic carbocycles. The van der Waals surface area contributed by atoms with Crippen LogP contribution in [0.1, 0.15) is 127 Å². The van der Waals surface area contributed by atoms with E-state index in [2.05, 4.69) is 41.2 Å². The van der Waals surface area contributed by atoms with Crippen LogP contribution in [0.3, 0.4) is 0 Å². The number of esters is 1. The maximum Gasteiger partial charge on any atom is 0.335 e. The third kappa shape index (κ3) is 9.09. The van der Waals surface area contributed by atoms with E-state index in [1.165, 1.54) is 13.8 Å². The third-order valence-corrected chi connectivity index (χ3v) is 21.7. The normalized spacial score (nSPS) is 55.6. The Morgan fingerprint density at radius 2 is 1.05 bits per heavy atom. The molecule has 30 atom stereocenters. The maximum absolute atomic E-state index is 14.8. The minimum absolute atomic E-state index is 0.0577. The van der Waals surface area contributed by atoms with Crippen molar-refractivity contribution < 1.29 is 104 Å². The number of carboxylic acid groups (broad SMARTS) is 1. The van der Waals surface area contributed by atoms with Gasteiger partial charge in [0, 0.05) is 0 Å². The van der Waals surface area contributed by atoms with Gasteiger partial charge in [0.1, 0.15) is 73.2 Å². The molecule has 0 unspecified atom stereocenters. The largest absolute Gasteiger partial charge is 0.479 e. The lowest BCUT2D eigenvalue weighted by atomic mass is 9.32. The van der Waals surface area contributed by atoms with E-state index < -0.39 is 152 Å². The van der Waals surface area contributed by atoms with E-state index in [1.807, 2.05) is 6.92 Å². The first-order chi connectivity index (χ1) is 35.0. The summed E-state index contributed by atoms with van der Waals surface area (Å²) in [6.07, 6.45) is -25.1. The van der Waals surface area contributed by atoms with Crippen LogP contribution < -0.4 is 0 Å². The van der Waals surface area contributed by atoms with E-state index in [1.54, 1.807) is 6.92 Å². The van der Waals surface area contributed by atoms with Crippen LogP contribution in [0.2, 0.25) is 0 Å². The Morgan fingerprint density at radius 1 is 0.520 bits per heavy atom. The molecule has 0 aromatic heterocycles. The number of aliphatic hydroxyl groups is 10. The number of ether oxygens (including phenoxy) is 8. The number of fused-ring (bicyclic) bond motifs is 7. The molecule has 0 spiro atoms. The summed E-state index contributed by atoms with van der Waals surface area (Å²) in [6.45, 7) is 22.4. The zero-order valence-corrected chi connectivity index (χ0v) is 44.8. The fourth-order valence-electron chi connectivity index (χ4n) is 17.2. The van der Waals surface area contributed by atoms with Crippen molar-refractivity contribution in [3.63, 3.8) is 0 Å². The van der Waals surface area contributed by atoms with Crippen molar-refractivity contribution >= 4 is 11.9 Å². The molecule has 5 aliphatic carbocycles. The molecule has 9 fully saturated rings. The molecule has 0 aromatic rings. The smallest absolute Gasteiger partial charge is 0.335 e.